The molecule has 3 rings (SSSR count). The van der Waals surface area contributed by atoms with Crippen molar-refractivity contribution in [1.29, 1.82) is 0 Å². The van der Waals surface area contributed by atoms with Gasteiger partial charge in [0.05, 0.1) is 22.0 Å². The molecule has 2 heterocycles. The minimum Gasteiger partial charge on any atom is -0.382 e. The molecule has 0 aliphatic carbocycles. The van der Waals surface area contributed by atoms with E-state index < -0.39 is 9.84 Å². The van der Waals surface area contributed by atoms with Gasteiger partial charge in [0.25, 0.3) is 0 Å². The third-order valence-corrected chi connectivity index (χ3v) is 6.95. The topological polar surface area (TPSA) is 90.9 Å². The van der Waals surface area contributed by atoms with E-state index in [1.807, 2.05) is 28.8 Å². The fraction of sp³-hybridized carbons (Fsp3) is 0.474. The molecule has 7 heteroatoms. The van der Waals surface area contributed by atoms with Crippen molar-refractivity contribution in [2.75, 3.05) is 11.5 Å². The van der Waals surface area contributed by atoms with Crippen LogP contribution in [0.1, 0.15) is 39.4 Å². The molecule has 0 unspecified atom stereocenters. The van der Waals surface area contributed by atoms with Crippen LogP contribution in [0, 0.1) is 0 Å². The number of aromatic nitrogens is 3. The van der Waals surface area contributed by atoms with Gasteiger partial charge in [-0.25, -0.2) is 18.4 Å². The van der Waals surface area contributed by atoms with Gasteiger partial charge in [-0.3, -0.25) is 0 Å². The van der Waals surface area contributed by atoms with Gasteiger partial charge >= 0.3 is 0 Å². The highest BCUT2D eigenvalue weighted by Gasteiger charge is 2.21. The van der Waals surface area contributed by atoms with Crippen LogP contribution < -0.4 is 5.73 Å². The summed E-state index contributed by atoms with van der Waals surface area (Å²) in [5, 5.41) is 0.564. The summed E-state index contributed by atoms with van der Waals surface area (Å²) in [6.07, 6.45) is 2.83. The zero-order chi connectivity index (χ0) is 18.9. The molecule has 0 atom stereocenters. The normalized spacial score (nSPS) is 12.5. The number of anilines is 1. The van der Waals surface area contributed by atoms with E-state index in [0.29, 0.717) is 17.9 Å². The van der Waals surface area contributed by atoms with E-state index in [4.69, 9.17) is 10.7 Å². The lowest BCUT2D eigenvalue weighted by atomic mass is 10.2. The van der Waals surface area contributed by atoms with Gasteiger partial charge in [-0.15, -0.1) is 0 Å². The van der Waals surface area contributed by atoms with Crippen molar-refractivity contribution in [2.24, 2.45) is 0 Å². The Morgan fingerprint density at radius 3 is 2.62 bits per heavy atom. The Morgan fingerprint density at radius 1 is 1.19 bits per heavy atom. The van der Waals surface area contributed by atoms with Crippen LogP contribution in [-0.2, 0) is 22.8 Å². The summed E-state index contributed by atoms with van der Waals surface area (Å²) in [6, 6.07) is 7.78. The maximum Gasteiger partial charge on any atom is 0.154 e. The van der Waals surface area contributed by atoms with Gasteiger partial charge in [-0.1, -0.05) is 31.5 Å². The Labute approximate surface area is 154 Å². The van der Waals surface area contributed by atoms with E-state index >= 15 is 0 Å². The molecule has 1 aromatic carbocycles. The number of hydrogen-bond donors (Lipinski definition) is 1. The van der Waals surface area contributed by atoms with Crippen molar-refractivity contribution < 1.29 is 8.42 Å². The van der Waals surface area contributed by atoms with Crippen molar-refractivity contribution in [3.05, 3.63) is 30.1 Å². The lowest BCUT2D eigenvalue weighted by molar-refractivity contribution is 0.578. The Hall–Kier alpha value is -2.15. The SMILES string of the molecule is CCCCc1nc2c(N)nc3ccccc3c2n1CCS(=O)(=O)C(C)C. The fourth-order valence-corrected chi connectivity index (χ4v) is 4.03. The molecule has 0 aliphatic rings. The van der Waals surface area contributed by atoms with E-state index in [2.05, 4.69) is 11.9 Å². The van der Waals surface area contributed by atoms with Crippen LogP contribution in [0.5, 0.6) is 0 Å². The number of pyridine rings is 1. The van der Waals surface area contributed by atoms with Gasteiger partial charge in [0.1, 0.15) is 11.3 Å². The highest BCUT2D eigenvalue weighted by molar-refractivity contribution is 7.91. The first-order valence-corrected chi connectivity index (χ1v) is 10.8. The zero-order valence-electron chi connectivity index (χ0n) is 15.6. The van der Waals surface area contributed by atoms with E-state index in [1.165, 1.54) is 0 Å². The summed E-state index contributed by atoms with van der Waals surface area (Å²) in [6.45, 7) is 5.94. The second kappa shape index (κ2) is 7.23. The van der Waals surface area contributed by atoms with Gasteiger partial charge in [0, 0.05) is 18.4 Å². The maximum absolute atomic E-state index is 12.3. The number of sulfone groups is 1. The number of hydrogen-bond acceptors (Lipinski definition) is 5. The smallest absolute Gasteiger partial charge is 0.154 e. The summed E-state index contributed by atoms with van der Waals surface area (Å²) in [5.74, 6) is 1.36. The first-order chi connectivity index (χ1) is 12.3. The number of aryl methyl sites for hydroxylation is 2. The van der Waals surface area contributed by atoms with Crippen molar-refractivity contribution in [2.45, 2.75) is 51.8 Å². The highest BCUT2D eigenvalue weighted by Crippen LogP contribution is 2.29. The third kappa shape index (κ3) is 3.40. The molecule has 2 N–H and O–H groups in total. The largest absolute Gasteiger partial charge is 0.382 e. The Kier molecular flexibility index (Phi) is 5.18. The minimum absolute atomic E-state index is 0.0891. The van der Waals surface area contributed by atoms with Crippen molar-refractivity contribution in [1.82, 2.24) is 14.5 Å². The molecule has 0 aliphatic heterocycles. The third-order valence-electron chi connectivity index (χ3n) is 4.76. The van der Waals surface area contributed by atoms with Gasteiger partial charge in [-0.05, 0) is 26.3 Å². The molecule has 2 aromatic heterocycles. The number of rotatable bonds is 7. The number of nitrogens with two attached hydrogens (primary N) is 1. The number of imidazole rings is 1. The van der Waals surface area contributed by atoms with E-state index in [9.17, 15) is 8.42 Å². The van der Waals surface area contributed by atoms with E-state index in [1.54, 1.807) is 13.8 Å². The molecule has 0 saturated carbocycles. The maximum atomic E-state index is 12.3. The predicted molar refractivity (Wildman–Crippen MR) is 107 cm³/mol. The predicted octanol–water partition coefficient (Wildman–Crippen LogP) is 3.33. The number of nitrogens with zero attached hydrogens (tertiary/aromatic N) is 3. The fourth-order valence-electron chi connectivity index (χ4n) is 3.13. The average Bonchev–Trinajstić information content (AvgIpc) is 2.97. The van der Waals surface area contributed by atoms with Crippen LogP contribution in [0.4, 0.5) is 5.82 Å². The summed E-state index contributed by atoms with van der Waals surface area (Å²) in [7, 11) is -3.14. The van der Waals surface area contributed by atoms with Crippen LogP contribution in [-0.4, -0.2) is 34.0 Å². The summed E-state index contributed by atoms with van der Waals surface area (Å²) in [5.41, 5.74) is 8.51. The molecule has 0 spiro atoms. The molecule has 140 valence electrons. The van der Waals surface area contributed by atoms with Crippen molar-refractivity contribution >= 4 is 37.6 Å². The van der Waals surface area contributed by atoms with Crippen LogP contribution in [0.25, 0.3) is 21.9 Å². The van der Waals surface area contributed by atoms with Gasteiger partial charge in [-0.2, -0.15) is 0 Å². The Morgan fingerprint density at radius 2 is 1.92 bits per heavy atom. The summed E-state index contributed by atoms with van der Waals surface area (Å²) >= 11 is 0. The number of fused-ring (bicyclic) bond motifs is 3. The molecule has 0 bridgehead atoms. The number of benzene rings is 1. The minimum atomic E-state index is -3.14. The van der Waals surface area contributed by atoms with Crippen molar-refractivity contribution in [3.63, 3.8) is 0 Å². The Bertz CT molecular complexity index is 1040. The molecule has 3 aromatic rings. The van der Waals surface area contributed by atoms with Crippen LogP contribution in [0.15, 0.2) is 24.3 Å². The quantitative estimate of drug-likeness (QED) is 0.685. The lowest BCUT2D eigenvalue weighted by Crippen LogP contribution is -2.22. The Balaban J connectivity index is 2.19. The zero-order valence-corrected chi connectivity index (χ0v) is 16.4. The second-order valence-corrected chi connectivity index (χ2v) is 9.59. The van der Waals surface area contributed by atoms with Gasteiger partial charge in [0.15, 0.2) is 15.7 Å². The molecule has 0 fully saturated rings. The molecule has 26 heavy (non-hydrogen) atoms. The first kappa shape index (κ1) is 18.6. The molecule has 0 radical (unpaired) electrons. The molecular weight excluding hydrogens is 348 g/mol. The lowest BCUT2D eigenvalue weighted by Gasteiger charge is -2.12. The average molecular weight is 375 g/mol. The monoisotopic (exact) mass is 374 g/mol. The van der Waals surface area contributed by atoms with Gasteiger partial charge in [0.2, 0.25) is 0 Å². The molecule has 0 saturated heterocycles. The first-order valence-electron chi connectivity index (χ1n) is 9.10. The number of para-hydroxylation sites is 1. The standard InChI is InChI=1S/C19H26N4O2S/c1-4-5-10-16-22-17-18(23(16)11-12-26(24,25)13(2)3)14-8-6-7-9-15(14)21-19(17)20/h6-9,13H,4-5,10-12H2,1-3H3,(H2,20,21). The second-order valence-electron chi connectivity index (χ2n) is 6.91. The van der Waals surface area contributed by atoms with Crippen LogP contribution >= 0.6 is 0 Å². The van der Waals surface area contributed by atoms with E-state index in [-0.39, 0.29) is 11.0 Å². The van der Waals surface area contributed by atoms with Crippen LogP contribution in [0.3, 0.4) is 0 Å². The number of nitrogen functional groups attached to an aromatic ring is 1. The van der Waals surface area contributed by atoms with Crippen LogP contribution in [0.2, 0.25) is 0 Å². The summed E-state index contributed by atoms with van der Waals surface area (Å²) in [4.78, 5) is 9.19. The van der Waals surface area contributed by atoms with E-state index in [0.717, 1.165) is 41.5 Å². The number of unbranched alkanes of at least 4 members (excludes halogenated alkanes) is 1. The van der Waals surface area contributed by atoms with Crippen molar-refractivity contribution in [3.8, 4) is 0 Å². The molecular formula is C19H26N4O2S. The van der Waals surface area contributed by atoms with Gasteiger partial charge < -0.3 is 10.3 Å². The molecule has 6 nitrogen and oxygen atoms in total. The summed E-state index contributed by atoms with van der Waals surface area (Å²) < 4.78 is 26.7. The molecule has 0 amide bonds. The highest BCUT2D eigenvalue weighted by atomic mass is 32.2.